The van der Waals surface area contributed by atoms with Gasteiger partial charge in [0, 0.05) is 18.1 Å². The molecule has 5 nitrogen and oxygen atoms in total. The number of nitrogens with zero attached hydrogens (tertiary/aromatic N) is 1. The van der Waals surface area contributed by atoms with Crippen LogP contribution in [0.1, 0.15) is 50.6 Å². The Morgan fingerprint density at radius 1 is 1.32 bits per heavy atom. The fourth-order valence-corrected chi connectivity index (χ4v) is 3.26. The van der Waals surface area contributed by atoms with Gasteiger partial charge in [0.15, 0.2) is 0 Å². The van der Waals surface area contributed by atoms with Crippen molar-refractivity contribution in [1.82, 2.24) is 21.1 Å². The van der Waals surface area contributed by atoms with E-state index in [-0.39, 0.29) is 23.8 Å². The van der Waals surface area contributed by atoms with Crippen molar-refractivity contribution in [3.63, 3.8) is 0 Å². The summed E-state index contributed by atoms with van der Waals surface area (Å²) in [7, 11) is 2.01. The van der Waals surface area contributed by atoms with Crippen LogP contribution in [0.3, 0.4) is 0 Å². The molecule has 0 bridgehead atoms. The SMILES string of the molecule is CC(C(=O)NC1CC1)N(C)CCCC1CC(c2ccc(F)cc2)NN1. The number of likely N-dealkylation sites (N-methyl/N-ethyl adjacent to an activating group) is 1. The summed E-state index contributed by atoms with van der Waals surface area (Å²) in [6.07, 6.45) is 5.32. The molecule has 1 aromatic rings. The van der Waals surface area contributed by atoms with Gasteiger partial charge in [0.2, 0.25) is 5.91 Å². The molecule has 138 valence electrons. The fraction of sp³-hybridized carbons (Fsp3) is 0.632. The fourth-order valence-electron chi connectivity index (χ4n) is 3.26. The number of carbonyl (C=O) groups is 1. The van der Waals surface area contributed by atoms with Gasteiger partial charge >= 0.3 is 0 Å². The molecule has 1 amide bonds. The number of benzene rings is 1. The molecular formula is C19H29FN4O. The molecule has 1 aliphatic carbocycles. The van der Waals surface area contributed by atoms with Crippen molar-refractivity contribution in [1.29, 1.82) is 0 Å². The van der Waals surface area contributed by atoms with Crippen LogP contribution in [0.5, 0.6) is 0 Å². The van der Waals surface area contributed by atoms with Gasteiger partial charge in [0.25, 0.3) is 0 Å². The van der Waals surface area contributed by atoms with Crippen LogP contribution in [0.4, 0.5) is 4.39 Å². The molecular weight excluding hydrogens is 319 g/mol. The van der Waals surface area contributed by atoms with E-state index < -0.39 is 0 Å². The van der Waals surface area contributed by atoms with Gasteiger partial charge in [-0.3, -0.25) is 20.5 Å². The topological polar surface area (TPSA) is 56.4 Å². The van der Waals surface area contributed by atoms with E-state index in [0.717, 1.165) is 44.2 Å². The van der Waals surface area contributed by atoms with Crippen molar-refractivity contribution in [3.05, 3.63) is 35.6 Å². The molecule has 2 fully saturated rings. The molecule has 3 unspecified atom stereocenters. The van der Waals surface area contributed by atoms with Crippen LogP contribution >= 0.6 is 0 Å². The number of rotatable bonds is 8. The van der Waals surface area contributed by atoms with E-state index in [1.165, 1.54) is 12.1 Å². The standard InChI is InChI=1S/C19H29FN4O/c1-13(19(25)21-16-9-10-16)24(2)11-3-4-17-12-18(23-22-17)14-5-7-15(20)8-6-14/h5-8,13,16-18,22-23H,3-4,9-12H2,1-2H3,(H,21,25). The van der Waals surface area contributed by atoms with Crippen LogP contribution in [0.2, 0.25) is 0 Å². The molecule has 3 rings (SSSR count). The Balaban J connectivity index is 1.36. The average Bonchev–Trinajstić information content (AvgIpc) is 3.29. The lowest BCUT2D eigenvalue weighted by Gasteiger charge is -2.24. The van der Waals surface area contributed by atoms with Gasteiger partial charge in [-0.2, -0.15) is 0 Å². The number of hydrogen-bond acceptors (Lipinski definition) is 4. The van der Waals surface area contributed by atoms with Crippen molar-refractivity contribution < 1.29 is 9.18 Å². The van der Waals surface area contributed by atoms with Crippen LogP contribution in [0, 0.1) is 5.82 Å². The largest absolute Gasteiger partial charge is 0.352 e. The zero-order valence-corrected chi connectivity index (χ0v) is 15.1. The van der Waals surface area contributed by atoms with E-state index in [9.17, 15) is 9.18 Å². The third kappa shape index (κ3) is 5.23. The van der Waals surface area contributed by atoms with Crippen LogP contribution < -0.4 is 16.2 Å². The van der Waals surface area contributed by atoms with Crippen molar-refractivity contribution in [2.45, 2.75) is 63.2 Å². The Kier molecular flexibility index (Phi) is 6.04. The second-order valence-electron chi connectivity index (χ2n) is 7.41. The van der Waals surface area contributed by atoms with Crippen molar-refractivity contribution in [2.24, 2.45) is 0 Å². The quantitative estimate of drug-likeness (QED) is 0.674. The molecule has 0 spiro atoms. The lowest BCUT2D eigenvalue weighted by Crippen LogP contribution is -2.44. The molecule has 6 heteroatoms. The molecule has 1 saturated carbocycles. The molecule has 25 heavy (non-hydrogen) atoms. The lowest BCUT2D eigenvalue weighted by molar-refractivity contribution is -0.125. The Morgan fingerprint density at radius 2 is 2.04 bits per heavy atom. The van der Waals surface area contributed by atoms with Gasteiger partial charge in [-0.15, -0.1) is 0 Å². The van der Waals surface area contributed by atoms with Gasteiger partial charge < -0.3 is 5.32 Å². The first-order valence-electron chi connectivity index (χ1n) is 9.30. The van der Waals surface area contributed by atoms with E-state index in [4.69, 9.17) is 0 Å². The Labute approximate surface area is 149 Å². The summed E-state index contributed by atoms with van der Waals surface area (Å²) in [6.45, 7) is 2.87. The molecule has 3 atom stereocenters. The highest BCUT2D eigenvalue weighted by Gasteiger charge is 2.28. The predicted octanol–water partition coefficient (Wildman–Crippen LogP) is 2.11. The summed E-state index contributed by atoms with van der Waals surface area (Å²) in [5.41, 5.74) is 7.75. The van der Waals surface area contributed by atoms with E-state index in [1.54, 1.807) is 0 Å². The van der Waals surface area contributed by atoms with Crippen LogP contribution in [0.15, 0.2) is 24.3 Å². The molecule has 1 saturated heterocycles. The normalized spacial score (nSPS) is 24.5. The van der Waals surface area contributed by atoms with E-state index >= 15 is 0 Å². The minimum atomic E-state index is -0.200. The third-order valence-electron chi connectivity index (χ3n) is 5.28. The lowest BCUT2D eigenvalue weighted by atomic mass is 9.99. The number of nitrogens with one attached hydrogen (secondary N) is 3. The van der Waals surface area contributed by atoms with Crippen LogP contribution in [-0.4, -0.2) is 42.5 Å². The molecule has 2 aliphatic rings. The molecule has 1 heterocycles. The smallest absolute Gasteiger partial charge is 0.237 e. The summed E-state index contributed by atoms with van der Waals surface area (Å²) < 4.78 is 13.0. The summed E-state index contributed by atoms with van der Waals surface area (Å²) in [4.78, 5) is 14.2. The highest BCUT2D eigenvalue weighted by atomic mass is 19.1. The maximum atomic E-state index is 13.0. The monoisotopic (exact) mass is 348 g/mol. The number of amides is 1. The zero-order valence-electron chi connectivity index (χ0n) is 15.1. The third-order valence-corrected chi connectivity index (χ3v) is 5.28. The van der Waals surface area contributed by atoms with Crippen LogP contribution in [-0.2, 0) is 4.79 Å². The summed E-state index contributed by atoms with van der Waals surface area (Å²) in [6, 6.07) is 7.66. The first-order chi connectivity index (χ1) is 12.0. The summed E-state index contributed by atoms with van der Waals surface area (Å²) >= 11 is 0. The van der Waals surface area contributed by atoms with Crippen molar-refractivity contribution in [3.8, 4) is 0 Å². The van der Waals surface area contributed by atoms with Gasteiger partial charge in [-0.1, -0.05) is 12.1 Å². The second kappa shape index (κ2) is 8.25. The minimum absolute atomic E-state index is 0.0813. The van der Waals surface area contributed by atoms with Crippen molar-refractivity contribution >= 4 is 5.91 Å². The maximum Gasteiger partial charge on any atom is 0.237 e. The van der Waals surface area contributed by atoms with Crippen molar-refractivity contribution in [2.75, 3.05) is 13.6 Å². The van der Waals surface area contributed by atoms with E-state index in [0.29, 0.717) is 12.1 Å². The zero-order chi connectivity index (χ0) is 17.8. The summed E-state index contributed by atoms with van der Waals surface area (Å²) in [5, 5.41) is 3.06. The molecule has 3 N–H and O–H groups in total. The van der Waals surface area contributed by atoms with Gasteiger partial charge in [-0.05, 0) is 70.3 Å². The minimum Gasteiger partial charge on any atom is -0.352 e. The van der Waals surface area contributed by atoms with Gasteiger partial charge in [-0.25, -0.2) is 4.39 Å². The Hall–Kier alpha value is -1.50. The van der Waals surface area contributed by atoms with E-state index in [2.05, 4.69) is 21.1 Å². The second-order valence-corrected chi connectivity index (χ2v) is 7.41. The van der Waals surface area contributed by atoms with Gasteiger partial charge in [0.05, 0.1) is 6.04 Å². The molecule has 0 radical (unpaired) electrons. The number of hydrazine groups is 1. The first kappa shape index (κ1) is 18.3. The first-order valence-corrected chi connectivity index (χ1v) is 9.30. The maximum absolute atomic E-state index is 13.0. The highest BCUT2D eigenvalue weighted by Crippen LogP contribution is 2.24. The molecule has 1 aliphatic heterocycles. The highest BCUT2D eigenvalue weighted by molar-refractivity contribution is 5.81. The summed E-state index contributed by atoms with van der Waals surface area (Å²) in [5.74, 6) is -0.0591. The Morgan fingerprint density at radius 3 is 2.72 bits per heavy atom. The van der Waals surface area contributed by atoms with Gasteiger partial charge in [0.1, 0.15) is 5.82 Å². The number of hydrogen-bond donors (Lipinski definition) is 3. The number of carbonyl (C=O) groups excluding carboxylic acids is 1. The van der Waals surface area contributed by atoms with Crippen LogP contribution in [0.25, 0.3) is 0 Å². The number of halogens is 1. The molecule has 1 aromatic carbocycles. The average molecular weight is 348 g/mol. The molecule has 0 aromatic heterocycles. The predicted molar refractivity (Wildman–Crippen MR) is 96.3 cm³/mol. The van der Waals surface area contributed by atoms with E-state index in [1.807, 2.05) is 26.1 Å². The Bertz CT molecular complexity index is 575.